The van der Waals surface area contributed by atoms with Crippen LogP contribution in [-0.2, 0) is 16.5 Å². The Morgan fingerprint density at radius 2 is 1.67 bits per heavy atom. The Bertz CT molecular complexity index is 650. The zero-order valence-corrected chi connectivity index (χ0v) is 13.3. The van der Waals surface area contributed by atoms with Gasteiger partial charge in [0.25, 0.3) is 0 Å². The van der Waals surface area contributed by atoms with Gasteiger partial charge in [-0.25, -0.2) is 8.42 Å². The normalized spacial score (nSPS) is 11.2. The minimum absolute atomic E-state index is 0. The first-order chi connectivity index (χ1) is 8.02. The third-order valence-electron chi connectivity index (χ3n) is 2.72. The standard InChI is InChI=1S/C13H14O3S.Na/c1-2-5-12-8-10-6-3-4-7-11(10)9-13(12)17(14,15)16;/h3-4,6-9H,2,5H2,1H3,(H,14,15,16);/q;+1/p-1. The number of aryl methyl sites for hydroxylation is 1. The molecule has 2 rings (SSSR count). The van der Waals surface area contributed by atoms with Crippen LogP contribution in [0.1, 0.15) is 18.9 Å². The molecule has 0 amide bonds. The molecule has 0 aliphatic carbocycles. The average molecular weight is 272 g/mol. The molecule has 0 spiro atoms. The van der Waals surface area contributed by atoms with Crippen LogP contribution < -0.4 is 29.6 Å². The summed E-state index contributed by atoms with van der Waals surface area (Å²) in [7, 11) is -4.40. The average Bonchev–Trinajstić information content (AvgIpc) is 2.27. The zero-order chi connectivity index (χ0) is 12.5. The molecule has 0 bridgehead atoms. The van der Waals surface area contributed by atoms with Crippen LogP contribution in [0.5, 0.6) is 0 Å². The monoisotopic (exact) mass is 272 g/mol. The predicted molar refractivity (Wildman–Crippen MR) is 65.9 cm³/mol. The fourth-order valence-electron chi connectivity index (χ4n) is 1.96. The molecule has 2 aromatic rings. The summed E-state index contributed by atoms with van der Waals surface area (Å²) in [5, 5.41) is 1.74. The van der Waals surface area contributed by atoms with E-state index in [1.807, 2.05) is 25.1 Å². The molecule has 3 nitrogen and oxygen atoms in total. The topological polar surface area (TPSA) is 57.2 Å². The van der Waals surface area contributed by atoms with Crippen molar-refractivity contribution in [2.24, 2.45) is 0 Å². The molecule has 5 heteroatoms. The molecule has 0 saturated carbocycles. The molecule has 0 heterocycles. The van der Waals surface area contributed by atoms with Gasteiger partial charge in [-0.15, -0.1) is 0 Å². The van der Waals surface area contributed by atoms with Crippen molar-refractivity contribution in [1.29, 1.82) is 0 Å². The maximum absolute atomic E-state index is 11.2. The molecule has 0 N–H and O–H groups in total. The fraction of sp³-hybridized carbons (Fsp3) is 0.231. The fourth-order valence-corrected chi connectivity index (χ4v) is 2.72. The van der Waals surface area contributed by atoms with Crippen molar-refractivity contribution >= 4 is 20.9 Å². The molecule has 0 aliphatic rings. The third-order valence-corrected chi connectivity index (χ3v) is 3.64. The van der Waals surface area contributed by atoms with Crippen LogP contribution >= 0.6 is 0 Å². The first kappa shape index (κ1) is 15.7. The summed E-state index contributed by atoms with van der Waals surface area (Å²) >= 11 is 0. The van der Waals surface area contributed by atoms with E-state index in [9.17, 15) is 13.0 Å². The van der Waals surface area contributed by atoms with Gasteiger partial charge in [-0.3, -0.25) is 0 Å². The van der Waals surface area contributed by atoms with E-state index in [-0.39, 0.29) is 34.5 Å². The van der Waals surface area contributed by atoms with E-state index in [0.29, 0.717) is 12.0 Å². The molecule has 0 fully saturated rings. The van der Waals surface area contributed by atoms with E-state index in [0.717, 1.165) is 17.2 Å². The van der Waals surface area contributed by atoms with E-state index in [1.165, 1.54) is 6.07 Å². The van der Waals surface area contributed by atoms with E-state index < -0.39 is 10.1 Å². The molecule has 0 aromatic heterocycles. The van der Waals surface area contributed by atoms with Gasteiger partial charge in [-0.1, -0.05) is 37.6 Å². The maximum atomic E-state index is 11.2. The molecule has 0 unspecified atom stereocenters. The summed E-state index contributed by atoms with van der Waals surface area (Å²) in [6.45, 7) is 1.95. The quantitative estimate of drug-likeness (QED) is 0.569. The number of hydrogen-bond donors (Lipinski definition) is 0. The Kier molecular flexibility index (Phi) is 5.37. The second kappa shape index (κ2) is 6.17. The Hall–Kier alpha value is -0.390. The van der Waals surface area contributed by atoms with Gasteiger partial charge in [0.15, 0.2) is 0 Å². The second-order valence-electron chi connectivity index (χ2n) is 4.01. The minimum atomic E-state index is -4.40. The summed E-state index contributed by atoms with van der Waals surface area (Å²) in [6.07, 6.45) is 1.41. The van der Waals surface area contributed by atoms with Gasteiger partial charge in [0.05, 0.1) is 4.90 Å². The summed E-state index contributed by atoms with van der Waals surface area (Å²) in [6, 6.07) is 10.7. The minimum Gasteiger partial charge on any atom is -0.744 e. The first-order valence-electron chi connectivity index (χ1n) is 5.50. The van der Waals surface area contributed by atoms with Crippen LogP contribution in [0, 0.1) is 0 Å². The van der Waals surface area contributed by atoms with Gasteiger partial charge >= 0.3 is 29.6 Å². The van der Waals surface area contributed by atoms with Gasteiger partial charge in [0.2, 0.25) is 0 Å². The molecule has 0 atom stereocenters. The Balaban J connectivity index is 0.00000162. The van der Waals surface area contributed by atoms with Crippen LogP contribution in [0.3, 0.4) is 0 Å². The van der Waals surface area contributed by atoms with Gasteiger partial charge < -0.3 is 4.55 Å². The summed E-state index contributed by atoms with van der Waals surface area (Å²) in [5.41, 5.74) is 0.612. The molecule has 18 heavy (non-hydrogen) atoms. The molecule has 90 valence electrons. The summed E-state index contributed by atoms with van der Waals surface area (Å²) in [4.78, 5) is -0.0851. The van der Waals surface area contributed by atoms with E-state index in [1.54, 1.807) is 12.1 Å². The van der Waals surface area contributed by atoms with Gasteiger partial charge in [-0.05, 0) is 34.9 Å². The van der Waals surface area contributed by atoms with Crippen molar-refractivity contribution in [3.05, 3.63) is 42.0 Å². The van der Waals surface area contributed by atoms with Crippen LogP contribution in [0.4, 0.5) is 0 Å². The van der Waals surface area contributed by atoms with Crippen molar-refractivity contribution in [2.75, 3.05) is 0 Å². The van der Waals surface area contributed by atoms with E-state index in [4.69, 9.17) is 0 Å². The SMILES string of the molecule is CCCc1cc2ccccc2cc1S(=O)(=O)[O-].[Na+]. The van der Waals surface area contributed by atoms with Crippen molar-refractivity contribution in [2.45, 2.75) is 24.7 Å². The summed E-state index contributed by atoms with van der Waals surface area (Å²) < 4.78 is 33.6. The van der Waals surface area contributed by atoms with Crippen LogP contribution in [0.15, 0.2) is 41.3 Å². The van der Waals surface area contributed by atoms with Gasteiger partial charge in [0, 0.05) is 0 Å². The Morgan fingerprint density at radius 3 is 2.17 bits per heavy atom. The largest absolute Gasteiger partial charge is 1.00 e. The van der Waals surface area contributed by atoms with Gasteiger partial charge in [0.1, 0.15) is 10.1 Å². The Labute approximate surface area is 129 Å². The number of fused-ring (bicyclic) bond motifs is 1. The van der Waals surface area contributed by atoms with E-state index in [2.05, 4.69) is 0 Å². The first-order valence-corrected chi connectivity index (χ1v) is 6.91. The number of rotatable bonds is 3. The van der Waals surface area contributed by atoms with Crippen LogP contribution in [-0.4, -0.2) is 13.0 Å². The molecule has 0 saturated heterocycles. The van der Waals surface area contributed by atoms with Crippen molar-refractivity contribution in [3.63, 3.8) is 0 Å². The molecule has 0 aliphatic heterocycles. The van der Waals surface area contributed by atoms with Crippen molar-refractivity contribution in [1.82, 2.24) is 0 Å². The number of benzene rings is 2. The summed E-state index contributed by atoms with van der Waals surface area (Å²) in [5.74, 6) is 0. The second-order valence-corrected chi connectivity index (χ2v) is 5.36. The maximum Gasteiger partial charge on any atom is 1.00 e. The van der Waals surface area contributed by atoms with Crippen molar-refractivity contribution in [3.8, 4) is 0 Å². The van der Waals surface area contributed by atoms with Crippen LogP contribution in [0.25, 0.3) is 10.8 Å². The molecular formula is C13H13NaO3S. The Morgan fingerprint density at radius 1 is 1.11 bits per heavy atom. The number of hydrogen-bond acceptors (Lipinski definition) is 3. The zero-order valence-electron chi connectivity index (χ0n) is 10.5. The van der Waals surface area contributed by atoms with Crippen molar-refractivity contribution < 1.29 is 42.5 Å². The molecule has 0 radical (unpaired) electrons. The van der Waals surface area contributed by atoms with E-state index >= 15 is 0 Å². The van der Waals surface area contributed by atoms with Gasteiger partial charge in [-0.2, -0.15) is 0 Å². The molecule has 2 aromatic carbocycles. The molecular weight excluding hydrogens is 259 g/mol. The smallest absolute Gasteiger partial charge is 0.744 e. The van der Waals surface area contributed by atoms with Crippen LogP contribution in [0.2, 0.25) is 0 Å². The predicted octanol–water partition coefficient (Wildman–Crippen LogP) is -0.300. The third kappa shape index (κ3) is 3.33.